The minimum Gasteiger partial charge on any atom is -0.481 e. The fourth-order valence-corrected chi connectivity index (χ4v) is 6.09. The lowest BCUT2D eigenvalue weighted by Crippen LogP contribution is -2.10. The largest absolute Gasteiger partial charge is 0.481 e. The van der Waals surface area contributed by atoms with Crippen LogP contribution in [0.5, 0.6) is 0 Å². The Hall–Kier alpha value is -4.31. The average Bonchev–Trinajstić information content (AvgIpc) is 3.48. The van der Waals surface area contributed by atoms with Crippen LogP contribution in [0.3, 0.4) is 0 Å². The molecule has 0 aliphatic carbocycles. The molecule has 0 spiro atoms. The lowest BCUT2D eigenvalue weighted by Gasteiger charge is -2.13. The number of pyridine rings is 1. The molecule has 6 aromatic rings. The third kappa shape index (κ3) is 6.69. The number of benzene rings is 3. The molecule has 0 fully saturated rings. The van der Waals surface area contributed by atoms with Gasteiger partial charge in [-0.3, -0.25) is 14.5 Å². The van der Waals surface area contributed by atoms with Crippen molar-refractivity contribution in [3.63, 3.8) is 0 Å². The number of carboxylic acid groups (broad SMARTS) is 1. The first-order chi connectivity index (χ1) is 20.3. The van der Waals surface area contributed by atoms with Gasteiger partial charge in [-0.25, -0.2) is 4.98 Å². The molecule has 3 aromatic carbocycles. The number of aliphatic carboxylic acids is 1. The Morgan fingerprint density at radius 1 is 1.02 bits per heavy atom. The fraction of sp³-hybridized carbons (Fsp3) is 0.212. The van der Waals surface area contributed by atoms with Crippen LogP contribution in [0.15, 0.2) is 66.9 Å². The number of nitrogens with zero attached hydrogens (tertiary/aromatic N) is 4. The molecule has 220 valence electrons. The second-order valence-electron chi connectivity index (χ2n) is 11.3. The van der Waals surface area contributed by atoms with Crippen LogP contribution in [0, 0.1) is 6.92 Å². The predicted octanol–water partition coefficient (Wildman–Crippen LogP) is 7.53. The molecule has 0 saturated heterocycles. The predicted molar refractivity (Wildman–Crippen MR) is 175 cm³/mol. The first-order valence-corrected chi connectivity index (χ1v) is 14.8. The van der Waals surface area contributed by atoms with Crippen LogP contribution in [0.4, 0.5) is 5.82 Å². The molecule has 0 unspecified atom stereocenters. The molecule has 8 nitrogen and oxygen atoms in total. The van der Waals surface area contributed by atoms with Gasteiger partial charge in [0.25, 0.3) is 0 Å². The number of nitrogens with two attached hydrogens (primary N) is 1. The highest BCUT2D eigenvalue weighted by Gasteiger charge is 2.20. The Kier molecular flexibility index (Phi) is 8.25. The quantitative estimate of drug-likeness (QED) is 0.183. The third-order valence-electron chi connectivity index (χ3n) is 6.65. The first kappa shape index (κ1) is 30.2. The Morgan fingerprint density at radius 3 is 2.37 bits per heavy atom. The van der Waals surface area contributed by atoms with Crippen LogP contribution < -0.4 is 5.73 Å². The van der Waals surface area contributed by atoms with Gasteiger partial charge in [-0.1, -0.05) is 29.8 Å². The van der Waals surface area contributed by atoms with Crippen LogP contribution in [0.25, 0.3) is 54.1 Å². The van der Waals surface area contributed by atoms with E-state index in [1.165, 1.54) is 0 Å². The van der Waals surface area contributed by atoms with E-state index in [1.807, 2.05) is 74.6 Å². The molecule has 0 aliphatic heterocycles. The number of hydrogen-bond donors (Lipinski definition) is 3. The summed E-state index contributed by atoms with van der Waals surface area (Å²) in [6.07, 6.45) is 1.70. The van der Waals surface area contributed by atoms with E-state index in [1.54, 1.807) is 43.0 Å². The maximum atomic E-state index is 11.7. The van der Waals surface area contributed by atoms with Gasteiger partial charge in [0.2, 0.25) is 0 Å². The molecule has 4 N–H and O–H groups in total. The maximum absolute atomic E-state index is 11.7. The molecule has 0 radical (unpaired) electrons. The summed E-state index contributed by atoms with van der Waals surface area (Å²) in [7, 11) is 1.87. The van der Waals surface area contributed by atoms with Crippen molar-refractivity contribution in [1.82, 2.24) is 19.7 Å². The smallest absolute Gasteiger partial charge is 0.307 e. The van der Waals surface area contributed by atoms with Gasteiger partial charge in [-0.05, 0) is 86.8 Å². The van der Waals surface area contributed by atoms with Gasteiger partial charge < -0.3 is 15.9 Å². The zero-order valence-electron chi connectivity index (χ0n) is 24.5. The number of aryl methyl sites for hydroxylation is 2. The van der Waals surface area contributed by atoms with Gasteiger partial charge in [0.15, 0.2) is 5.82 Å². The highest BCUT2D eigenvalue weighted by molar-refractivity contribution is 7.22. The van der Waals surface area contributed by atoms with Crippen molar-refractivity contribution in [2.24, 2.45) is 7.05 Å². The molecule has 0 bridgehead atoms. The Bertz CT molecular complexity index is 1970. The monoisotopic (exact) mass is 613 g/mol. The van der Waals surface area contributed by atoms with Crippen LogP contribution in [-0.4, -0.2) is 41.5 Å². The fourth-order valence-electron chi connectivity index (χ4n) is 4.83. The number of hydrogen-bond acceptors (Lipinski definition) is 7. The summed E-state index contributed by atoms with van der Waals surface area (Å²) in [4.78, 5) is 21.3. The van der Waals surface area contributed by atoms with E-state index in [0.717, 1.165) is 65.2 Å². The van der Waals surface area contributed by atoms with Crippen molar-refractivity contribution >= 4 is 55.8 Å². The molecule has 0 amide bonds. The summed E-state index contributed by atoms with van der Waals surface area (Å²) in [6.45, 7) is 7.16. The average molecular weight is 614 g/mol. The Morgan fingerprint density at radius 2 is 1.70 bits per heavy atom. The van der Waals surface area contributed by atoms with Gasteiger partial charge in [0.1, 0.15) is 5.01 Å². The summed E-state index contributed by atoms with van der Waals surface area (Å²) in [6, 6.07) is 19.4. The Balaban J connectivity index is 0.000000682. The topological polar surface area (TPSA) is 127 Å². The molecule has 0 aliphatic rings. The summed E-state index contributed by atoms with van der Waals surface area (Å²) < 4.78 is 2.70. The minimum absolute atomic E-state index is 0.0771. The molecular formula is C33H32ClN5O3S. The van der Waals surface area contributed by atoms with E-state index in [4.69, 9.17) is 27.4 Å². The number of fused-ring (bicyclic) bond motifs is 2. The van der Waals surface area contributed by atoms with E-state index >= 15 is 0 Å². The number of aliphatic hydroxyl groups is 1. The van der Waals surface area contributed by atoms with Crippen LogP contribution in [0.2, 0.25) is 5.02 Å². The summed E-state index contributed by atoms with van der Waals surface area (Å²) in [5.74, 6) is -0.397. The number of carboxylic acids is 1. The molecule has 6 rings (SSSR count). The number of anilines is 1. The molecule has 0 atom stereocenters. The van der Waals surface area contributed by atoms with Gasteiger partial charge >= 0.3 is 5.97 Å². The lowest BCUT2D eigenvalue weighted by molar-refractivity contribution is -0.136. The van der Waals surface area contributed by atoms with Gasteiger partial charge in [0.05, 0.1) is 33.4 Å². The number of thiazole rings is 1. The van der Waals surface area contributed by atoms with Gasteiger partial charge in [-0.2, -0.15) is 5.10 Å². The number of halogens is 1. The van der Waals surface area contributed by atoms with Crippen LogP contribution in [-0.2, 0) is 18.3 Å². The summed E-state index contributed by atoms with van der Waals surface area (Å²) in [5.41, 5.74) is 13.5. The second kappa shape index (κ2) is 11.8. The molecule has 10 heteroatoms. The first-order valence-electron chi connectivity index (χ1n) is 13.6. The van der Waals surface area contributed by atoms with Crippen LogP contribution in [0.1, 0.15) is 31.9 Å². The van der Waals surface area contributed by atoms with Gasteiger partial charge in [0, 0.05) is 40.3 Å². The highest BCUT2D eigenvalue weighted by atomic mass is 35.5. The molecular weight excluding hydrogens is 582 g/mol. The summed E-state index contributed by atoms with van der Waals surface area (Å²) in [5, 5.41) is 24.8. The van der Waals surface area contributed by atoms with E-state index in [2.05, 4.69) is 10.1 Å². The van der Waals surface area contributed by atoms with Crippen molar-refractivity contribution in [3.05, 3.63) is 83.0 Å². The normalized spacial score (nSPS) is 11.5. The molecule has 43 heavy (non-hydrogen) atoms. The zero-order valence-corrected chi connectivity index (χ0v) is 26.1. The zero-order chi connectivity index (χ0) is 31.1. The summed E-state index contributed by atoms with van der Waals surface area (Å²) >= 11 is 7.68. The molecule has 3 aromatic heterocycles. The standard InChI is InChI=1S/C29H22ClN5O2S.C4H10O/c1-15-11-23-27(26(20(15)14-25(36)37)16-3-6-19(30)7-4-16)38-29(33-23)18-9-10-32-22(13-18)17-5-8-24-21(12-17)28(31)34-35(24)2;1-4(2,3)5/h3-13H,14H2,1-2H3,(H2,31,34)(H,36,37);5H,1-3H3. The van der Waals surface area contributed by atoms with E-state index in [9.17, 15) is 9.90 Å². The highest BCUT2D eigenvalue weighted by Crippen LogP contribution is 2.41. The Labute approximate surface area is 258 Å². The molecule has 0 saturated carbocycles. The maximum Gasteiger partial charge on any atom is 0.307 e. The van der Waals surface area contributed by atoms with E-state index in [-0.39, 0.29) is 6.42 Å². The van der Waals surface area contributed by atoms with E-state index in [0.29, 0.717) is 10.8 Å². The van der Waals surface area contributed by atoms with Crippen molar-refractivity contribution in [2.75, 3.05) is 5.73 Å². The van der Waals surface area contributed by atoms with E-state index < -0.39 is 11.6 Å². The number of rotatable bonds is 5. The van der Waals surface area contributed by atoms with Crippen molar-refractivity contribution in [1.29, 1.82) is 0 Å². The van der Waals surface area contributed by atoms with Crippen molar-refractivity contribution in [2.45, 2.75) is 39.7 Å². The number of nitrogen functional groups attached to an aromatic ring is 1. The van der Waals surface area contributed by atoms with Crippen molar-refractivity contribution < 1.29 is 15.0 Å². The van der Waals surface area contributed by atoms with Crippen molar-refractivity contribution in [3.8, 4) is 33.0 Å². The van der Waals surface area contributed by atoms with Crippen LogP contribution >= 0.6 is 22.9 Å². The lowest BCUT2D eigenvalue weighted by atomic mass is 9.93. The number of aromatic nitrogens is 4. The number of carbonyl (C=O) groups is 1. The SMILES string of the molecule is CC(C)(C)O.Cc1cc2nc(-c3ccnc(-c4ccc5c(c4)c(N)nn5C)c3)sc2c(-c2ccc(Cl)cc2)c1CC(=O)O. The minimum atomic E-state index is -0.877. The van der Waals surface area contributed by atoms with Gasteiger partial charge in [-0.15, -0.1) is 11.3 Å². The second-order valence-corrected chi connectivity index (χ2v) is 12.8. The third-order valence-corrected chi connectivity index (χ3v) is 8.04. The molecule has 3 heterocycles.